The molecule has 0 aliphatic heterocycles. The molecule has 0 bridgehead atoms. The van der Waals surface area contributed by atoms with Gasteiger partial charge in [-0.15, -0.1) is 0 Å². The predicted octanol–water partition coefficient (Wildman–Crippen LogP) is 3.54. The zero-order valence-corrected chi connectivity index (χ0v) is 12.3. The number of allylic oxidation sites excluding steroid dienone is 4. The van der Waals surface area contributed by atoms with E-state index in [-0.39, 0.29) is 0 Å². The Morgan fingerprint density at radius 3 is 2.00 bits per heavy atom. The van der Waals surface area contributed by atoms with Crippen LogP contribution >= 0.6 is 0 Å². The summed E-state index contributed by atoms with van der Waals surface area (Å²) in [6.07, 6.45) is 5.28. The van der Waals surface area contributed by atoms with E-state index in [0.717, 1.165) is 6.42 Å². The van der Waals surface area contributed by atoms with Gasteiger partial charge >= 0.3 is 0 Å². The van der Waals surface area contributed by atoms with Crippen LogP contribution < -0.4 is 4.90 Å². The van der Waals surface area contributed by atoms with Crippen molar-refractivity contribution in [2.45, 2.75) is 6.42 Å². The van der Waals surface area contributed by atoms with Gasteiger partial charge in [-0.3, -0.25) is 0 Å². The minimum absolute atomic E-state index is 0.925. The van der Waals surface area contributed by atoms with E-state index >= 15 is 0 Å². The van der Waals surface area contributed by atoms with Crippen LogP contribution in [0.5, 0.6) is 0 Å². The summed E-state index contributed by atoms with van der Waals surface area (Å²) in [7, 11) is 8.26. The molecule has 2 heteroatoms. The molecule has 0 heterocycles. The third kappa shape index (κ3) is 2.90. The number of hydrogen-bond acceptors (Lipinski definition) is 2. The predicted molar refractivity (Wildman–Crippen MR) is 84.3 cm³/mol. The Morgan fingerprint density at radius 2 is 1.53 bits per heavy atom. The van der Waals surface area contributed by atoms with E-state index in [1.165, 1.54) is 28.1 Å². The summed E-state index contributed by atoms with van der Waals surface area (Å²) in [5.41, 5.74) is 6.19. The summed E-state index contributed by atoms with van der Waals surface area (Å²) < 4.78 is 0. The van der Waals surface area contributed by atoms with Gasteiger partial charge in [0.15, 0.2) is 0 Å². The second-order valence-electron chi connectivity index (χ2n) is 5.35. The number of rotatable bonds is 3. The molecule has 0 amide bonds. The molecule has 100 valence electrons. The van der Waals surface area contributed by atoms with Crippen LogP contribution in [0.1, 0.15) is 12.0 Å². The lowest BCUT2D eigenvalue weighted by molar-refractivity contribution is 0.498. The number of hydrogen-bond donors (Lipinski definition) is 0. The molecule has 0 saturated carbocycles. The van der Waals surface area contributed by atoms with Crippen LogP contribution in [0.4, 0.5) is 5.69 Å². The van der Waals surface area contributed by atoms with Gasteiger partial charge in [-0.25, -0.2) is 0 Å². The van der Waals surface area contributed by atoms with Gasteiger partial charge in [0.05, 0.1) is 0 Å². The van der Waals surface area contributed by atoms with Crippen molar-refractivity contribution >= 4 is 11.3 Å². The normalized spacial score (nSPS) is 14.8. The summed E-state index contributed by atoms with van der Waals surface area (Å²) in [6.45, 7) is 4.22. The Balaban J connectivity index is 2.29. The van der Waals surface area contributed by atoms with Crippen molar-refractivity contribution in [3.8, 4) is 0 Å². The van der Waals surface area contributed by atoms with E-state index in [0.29, 0.717) is 0 Å². The Hall–Kier alpha value is -1.96. The number of nitrogens with zero attached hydrogens (tertiary/aromatic N) is 2. The number of anilines is 1. The second-order valence-corrected chi connectivity index (χ2v) is 5.35. The van der Waals surface area contributed by atoms with Crippen molar-refractivity contribution in [1.29, 1.82) is 0 Å². The first-order valence-corrected chi connectivity index (χ1v) is 6.53. The Kier molecular flexibility index (Phi) is 3.79. The molecule has 0 spiro atoms. The second kappa shape index (κ2) is 5.35. The fourth-order valence-corrected chi connectivity index (χ4v) is 2.22. The Bertz CT molecular complexity index is 531. The molecule has 1 aromatic rings. The molecule has 0 aromatic heterocycles. The first kappa shape index (κ1) is 13.5. The van der Waals surface area contributed by atoms with E-state index in [9.17, 15) is 0 Å². The Morgan fingerprint density at radius 1 is 0.895 bits per heavy atom. The monoisotopic (exact) mass is 254 g/mol. The molecule has 0 radical (unpaired) electrons. The van der Waals surface area contributed by atoms with E-state index in [2.05, 4.69) is 81.0 Å². The maximum atomic E-state index is 4.22. The molecule has 0 fully saturated rings. The van der Waals surface area contributed by atoms with Crippen LogP contribution in [0.2, 0.25) is 0 Å². The van der Waals surface area contributed by atoms with Crippen molar-refractivity contribution < 1.29 is 0 Å². The van der Waals surface area contributed by atoms with Crippen LogP contribution in [-0.2, 0) is 0 Å². The van der Waals surface area contributed by atoms with Crippen LogP contribution in [0.3, 0.4) is 0 Å². The van der Waals surface area contributed by atoms with Gasteiger partial charge in [0.2, 0.25) is 0 Å². The average Bonchev–Trinajstić information content (AvgIpc) is 2.38. The highest BCUT2D eigenvalue weighted by atomic mass is 15.1. The molecule has 0 atom stereocenters. The molecule has 19 heavy (non-hydrogen) atoms. The molecule has 2 nitrogen and oxygen atoms in total. The fraction of sp³-hybridized carbons (Fsp3) is 0.294. The molecule has 1 aliphatic carbocycles. The summed E-state index contributed by atoms with van der Waals surface area (Å²) >= 11 is 0. The number of benzene rings is 1. The van der Waals surface area contributed by atoms with Gasteiger partial charge in [0, 0.05) is 46.0 Å². The van der Waals surface area contributed by atoms with Crippen LogP contribution in [0.15, 0.2) is 54.3 Å². The largest absolute Gasteiger partial charge is 0.381 e. The molecular weight excluding hydrogens is 232 g/mol. The van der Waals surface area contributed by atoms with E-state index in [1.54, 1.807) is 0 Å². The highest BCUT2D eigenvalue weighted by Crippen LogP contribution is 2.32. The van der Waals surface area contributed by atoms with Crippen molar-refractivity contribution in [3.63, 3.8) is 0 Å². The maximum absolute atomic E-state index is 4.22. The summed E-state index contributed by atoms with van der Waals surface area (Å²) in [5, 5.41) is 0. The van der Waals surface area contributed by atoms with E-state index in [4.69, 9.17) is 0 Å². The third-order valence-electron chi connectivity index (χ3n) is 3.49. The average molecular weight is 254 g/mol. The van der Waals surface area contributed by atoms with Crippen molar-refractivity contribution in [3.05, 3.63) is 59.8 Å². The lowest BCUT2D eigenvalue weighted by Gasteiger charge is -2.23. The van der Waals surface area contributed by atoms with Crippen molar-refractivity contribution in [2.24, 2.45) is 0 Å². The third-order valence-corrected chi connectivity index (χ3v) is 3.49. The molecule has 0 saturated heterocycles. The molecule has 0 N–H and O–H groups in total. The van der Waals surface area contributed by atoms with Crippen LogP contribution in [-0.4, -0.2) is 33.1 Å². The Labute approximate surface area is 116 Å². The fourth-order valence-electron chi connectivity index (χ4n) is 2.22. The van der Waals surface area contributed by atoms with Crippen LogP contribution in [0.25, 0.3) is 5.57 Å². The quantitative estimate of drug-likeness (QED) is 0.814. The van der Waals surface area contributed by atoms with E-state index < -0.39 is 0 Å². The lowest BCUT2D eigenvalue weighted by Crippen LogP contribution is -2.13. The highest BCUT2D eigenvalue weighted by Gasteiger charge is 2.13. The van der Waals surface area contributed by atoms with Gasteiger partial charge in [-0.05, 0) is 34.9 Å². The maximum Gasteiger partial charge on any atom is 0.0361 e. The van der Waals surface area contributed by atoms with Gasteiger partial charge in [-0.2, -0.15) is 0 Å². The standard InChI is InChI=1S/C17H22N2/c1-13-12-16(19(4)5)10-11-17(13)14-6-8-15(9-7-14)18(2)3/h6-11H,1,12H2,2-5H3. The summed E-state index contributed by atoms with van der Waals surface area (Å²) in [6, 6.07) is 8.63. The first-order chi connectivity index (χ1) is 8.99. The highest BCUT2D eigenvalue weighted by molar-refractivity contribution is 5.82. The van der Waals surface area contributed by atoms with Gasteiger partial charge in [0.25, 0.3) is 0 Å². The topological polar surface area (TPSA) is 6.48 Å². The van der Waals surface area contributed by atoms with Crippen LogP contribution in [0, 0.1) is 0 Å². The minimum atomic E-state index is 0.925. The zero-order valence-electron chi connectivity index (χ0n) is 12.3. The van der Waals surface area contributed by atoms with Gasteiger partial charge in [-0.1, -0.05) is 24.8 Å². The zero-order chi connectivity index (χ0) is 14.0. The lowest BCUT2D eigenvalue weighted by atomic mass is 9.91. The van der Waals surface area contributed by atoms with Gasteiger partial charge < -0.3 is 9.80 Å². The summed E-state index contributed by atoms with van der Waals surface area (Å²) in [5.74, 6) is 0. The summed E-state index contributed by atoms with van der Waals surface area (Å²) in [4.78, 5) is 4.26. The molecular formula is C17H22N2. The SMILES string of the molecule is C=C1CC(N(C)C)=CC=C1c1ccc(N(C)C)cc1. The minimum Gasteiger partial charge on any atom is -0.381 e. The molecule has 1 aromatic carbocycles. The van der Waals surface area contributed by atoms with Crippen molar-refractivity contribution in [2.75, 3.05) is 33.1 Å². The van der Waals surface area contributed by atoms with Crippen molar-refractivity contribution in [1.82, 2.24) is 4.90 Å². The van der Waals surface area contributed by atoms with E-state index in [1.807, 2.05) is 0 Å². The molecule has 2 rings (SSSR count). The molecule has 1 aliphatic rings. The van der Waals surface area contributed by atoms with Gasteiger partial charge in [0.1, 0.15) is 0 Å². The first-order valence-electron chi connectivity index (χ1n) is 6.53. The smallest absolute Gasteiger partial charge is 0.0361 e. The molecule has 0 unspecified atom stereocenters.